The molecule has 0 amide bonds. The summed E-state index contributed by atoms with van der Waals surface area (Å²) in [5.74, 6) is 1.15. The van der Waals surface area contributed by atoms with Crippen molar-refractivity contribution < 1.29 is 20.1 Å². The minimum absolute atomic E-state index is 0.0515. The van der Waals surface area contributed by atoms with Crippen molar-refractivity contribution in [3.8, 4) is 23.0 Å². The number of aromatic hydroxyl groups is 3. The van der Waals surface area contributed by atoms with Crippen LogP contribution < -0.4 is 4.74 Å². The molecule has 1 aliphatic rings. The average Bonchev–Trinajstić information content (AvgIpc) is 2.61. The summed E-state index contributed by atoms with van der Waals surface area (Å²) in [6.45, 7) is 0. The zero-order valence-corrected chi connectivity index (χ0v) is 13.5. The Kier molecular flexibility index (Phi) is 3.73. The van der Waals surface area contributed by atoms with Crippen LogP contribution in [0.4, 0.5) is 0 Å². The monoisotopic (exact) mass is 334 g/mol. The molecule has 0 spiro atoms. The van der Waals surface area contributed by atoms with Gasteiger partial charge in [-0.3, -0.25) is 0 Å². The third kappa shape index (κ3) is 2.87. The van der Waals surface area contributed by atoms with Crippen molar-refractivity contribution in [2.24, 2.45) is 0 Å². The third-order valence-electron chi connectivity index (χ3n) is 4.67. The van der Waals surface area contributed by atoms with Crippen LogP contribution in [0.25, 0.3) is 0 Å². The summed E-state index contributed by atoms with van der Waals surface area (Å²) in [5, 5.41) is 29.7. The van der Waals surface area contributed by atoms with Crippen LogP contribution in [0.3, 0.4) is 0 Å². The Morgan fingerprint density at radius 1 is 0.760 bits per heavy atom. The second-order valence-corrected chi connectivity index (χ2v) is 6.27. The van der Waals surface area contributed by atoms with Gasteiger partial charge >= 0.3 is 0 Å². The summed E-state index contributed by atoms with van der Waals surface area (Å²) in [6.07, 6.45) is 0.416. The number of rotatable bonds is 2. The Morgan fingerprint density at radius 3 is 2.24 bits per heavy atom. The van der Waals surface area contributed by atoms with Crippen molar-refractivity contribution in [2.45, 2.75) is 18.4 Å². The lowest BCUT2D eigenvalue weighted by Crippen LogP contribution is -2.20. The average molecular weight is 334 g/mol. The van der Waals surface area contributed by atoms with Crippen LogP contribution in [0, 0.1) is 0 Å². The number of hydrogen-bond donors (Lipinski definition) is 3. The second kappa shape index (κ2) is 6.06. The molecule has 0 radical (unpaired) electrons. The molecule has 25 heavy (non-hydrogen) atoms. The van der Waals surface area contributed by atoms with Crippen molar-refractivity contribution in [3.63, 3.8) is 0 Å². The lowest BCUT2D eigenvalue weighted by atomic mass is 9.82. The predicted octanol–water partition coefficient (Wildman–Crippen LogP) is 4.46. The van der Waals surface area contributed by atoms with Crippen LogP contribution in [-0.2, 0) is 0 Å². The fraction of sp³-hybridized carbons (Fsp3) is 0.143. The van der Waals surface area contributed by atoms with Gasteiger partial charge in [0.05, 0.1) is 0 Å². The van der Waals surface area contributed by atoms with E-state index in [1.54, 1.807) is 36.4 Å². The van der Waals surface area contributed by atoms with Gasteiger partial charge in [0.15, 0.2) is 0 Å². The van der Waals surface area contributed by atoms with E-state index in [0.29, 0.717) is 12.2 Å². The summed E-state index contributed by atoms with van der Waals surface area (Å²) in [5.41, 5.74) is 2.71. The van der Waals surface area contributed by atoms with Crippen LogP contribution in [0.5, 0.6) is 23.0 Å². The highest BCUT2D eigenvalue weighted by Crippen LogP contribution is 2.48. The lowest BCUT2D eigenvalue weighted by Gasteiger charge is -2.33. The van der Waals surface area contributed by atoms with E-state index >= 15 is 0 Å². The van der Waals surface area contributed by atoms with Crippen molar-refractivity contribution in [1.82, 2.24) is 0 Å². The number of phenolic OH excluding ortho intramolecular Hbond substituents is 3. The first-order valence-corrected chi connectivity index (χ1v) is 8.18. The topological polar surface area (TPSA) is 69.9 Å². The van der Waals surface area contributed by atoms with Gasteiger partial charge in [-0.05, 0) is 36.2 Å². The van der Waals surface area contributed by atoms with Gasteiger partial charge in [-0.15, -0.1) is 0 Å². The van der Waals surface area contributed by atoms with Crippen LogP contribution in [-0.4, -0.2) is 15.3 Å². The molecule has 0 bridgehead atoms. The van der Waals surface area contributed by atoms with Gasteiger partial charge in [0.1, 0.15) is 29.1 Å². The molecule has 1 heterocycles. The molecule has 2 unspecified atom stereocenters. The molecule has 126 valence electrons. The fourth-order valence-corrected chi connectivity index (χ4v) is 3.43. The van der Waals surface area contributed by atoms with Crippen LogP contribution in [0.1, 0.15) is 35.1 Å². The molecule has 1 aliphatic heterocycles. The van der Waals surface area contributed by atoms with Crippen LogP contribution in [0.2, 0.25) is 0 Å². The van der Waals surface area contributed by atoms with Crippen molar-refractivity contribution in [2.75, 3.05) is 0 Å². The largest absolute Gasteiger partial charge is 0.508 e. The number of ether oxygens (including phenoxy) is 1. The molecular weight excluding hydrogens is 316 g/mol. The van der Waals surface area contributed by atoms with Gasteiger partial charge in [0, 0.05) is 23.1 Å². The normalized spacial score (nSPS) is 19.0. The smallest absolute Gasteiger partial charge is 0.127 e. The van der Waals surface area contributed by atoms with E-state index in [0.717, 1.165) is 16.7 Å². The summed E-state index contributed by atoms with van der Waals surface area (Å²) in [7, 11) is 0. The molecule has 0 aromatic heterocycles. The highest BCUT2D eigenvalue weighted by atomic mass is 16.5. The minimum atomic E-state index is -0.237. The molecule has 4 rings (SSSR count). The van der Waals surface area contributed by atoms with E-state index in [-0.39, 0.29) is 29.3 Å². The number of benzene rings is 3. The Morgan fingerprint density at radius 2 is 1.48 bits per heavy atom. The van der Waals surface area contributed by atoms with Crippen molar-refractivity contribution >= 4 is 0 Å². The molecule has 4 heteroatoms. The van der Waals surface area contributed by atoms with Gasteiger partial charge in [0.25, 0.3) is 0 Å². The molecule has 0 saturated heterocycles. The minimum Gasteiger partial charge on any atom is -0.508 e. The van der Waals surface area contributed by atoms with Gasteiger partial charge in [-0.1, -0.05) is 36.4 Å². The zero-order chi connectivity index (χ0) is 17.4. The molecule has 0 aliphatic carbocycles. The van der Waals surface area contributed by atoms with Gasteiger partial charge < -0.3 is 20.1 Å². The first kappa shape index (κ1) is 15.4. The highest BCUT2D eigenvalue weighted by molar-refractivity contribution is 5.51. The third-order valence-corrected chi connectivity index (χ3v) is 4.67. The molecule has 3 aromatic rings. The molecular formula is C21H18O4. The Labute approximate surface area is 145 Å². The molecule has 4 nitrogen and oxygen atoms in total. The summed E-state index contributed by atoms with van der Waals surface area (Å²) < 4.78 is 6.11. The lowest BCUT2D eigenvalue weighted by molar-refractivity contribution is 0.166. The summed E-state index contributed by atoms with van der Waals surface area (Å²) in [6, 6.07) is 19.3. The fourth-order valence-electron chi connectivity index (χ4n) is 3.43. The molecule has 3 N–H and O–H groups in total. The van der Waals surface area contributed by atoms with Crippen LogP contribution in [0.15, 0.2) is 66.7 Å². The maximum Gasteiger partial charge on any atom is 0.127 e. The summed E-state index contributed by atoms with van der Waals surface area (Å²) in [4.78, 5) is 0. The number of fused-ring (bicyclic) bond motifs is 1. The number of hydrogen-bond acceptors (Lipinski definition) is 4. The van der Waals surface area contributed by atoms with Crippen molar-refractivity contribution in [3.05, 3.63) is 83.4 Å². The van der Waals surface area contributed by atoms with E-state index in [4.69, 9.17) is 4.74 Å². The Hall–Kier alpha value is -3.14. The Balaban J connectivity index is 1.80. The predicted molar refractivity (Wildman–Crippen MR) is 94.1 cm³/mol. The Bertz CT molecular complexity index is 902. The molecule has 2 atom stereocenters. The zero-order valence-electron chi connectivity index (χ0n) is 13.5. The van der Waals surface area contributed by atoms with E-state index in [1.165, 1.54) is 0 Å². The van der Waals surface area contributed by atoms with Gasteiger partial charge in [-0.2, -0.15) is 0 Å². The molecule has 0 fully saturated rings. The van der Waals surface area contributed by atoms with E-state index in [2.05, 4.69) is 0 Å². The van der Waals surface area contributed by atoms with Crippen molar-refractivity contribution in [1.29, 1.82) is 0 Å². The van der Waals surface area contributed by atoms with E-state index in [9.17, 15) is 15.3 Å². The second-order valence-electron chi connectivity index (χ2n) is 6.27. The maximum absolute atomic E-state index is 10.3. The van der Waals surface area contributed by atoms with Gasteiger partial charge in [0.2, 0.25) is 0 Å². The van der Waals surface area contributed by atoms with E-state index in [1.807, 2.05) is 30.3 Å². The van der Waals surface area contributed by atoms with Crippen LogP contribution >= 0.6 is 0 Å². The number of phenols is 3. The SMILES string of the molecule is Oc1ccc(C2CC(c3ccccc3O)c3ccc(O)cc3O2)cc1. The molecule has 0 saturated carbocycles. The van der Waals surface area contributed by atoms with E-state index < -0.39 is 0 Å². The molecule has 3 aromatic carbocycles. The summed E-state index contributed by atoms with van der Waals surface area (Å²) >= 11 is 0. The van der Waals surface area contributed by atoms with Gasteiger partial charge in [-0.25, -0.2) is 0 Å². The quantitative estimate of drug-likeness (QED) is 0.647. The first-order valence-electron chi connectivity index (χ1n) is 8.18. The first-order chi connectivity index (χ1) is 12.1. The highest BCUT2D eigenvalue weighted by Gasteiger charge is 2.32. The standard InChI is InChI=1S/C21H18O4/c22-14-7-5-13(6-8-14)20-12-18(16-3-1-2-4-19(16)24)17-10-9-15(23)11-21(17)25-20/h1-11,18,20,22-24H,12H2. The number of para-hydroxylation sites is 1. The maximum atomic E-state index is 10.3.